The molecule has 7 heteroatoms. The molecule has 0 heterocycles. The molecule has 108 valence electrons. The van der Waals surface area contributed by atoms with Gasteiger partial charge in [-0.25, -0.2) is 9.18 Å². The normalized spacial score (nSPS) is 10.2. The van der Waals surface area contributed by atoms with Gasteiger partial charge in [0.1, 0.15) is 5.82 Å². The highest BCUT2D eigenvalue weighted by atomic mass is 35.5. The van der Waals surface area contributed by atoms with Gasteiger partial charge in [-0.2, -0.15) is 0 Å². The number of anilines is 2. The second-order valence-electron chi connectivity index (χ2n) is 4.18. The summed E-state index contributed by atoms with van der Waals surface area (Å²) in [5, 5.41) is 11.9. The maximum atomic E-state index is 13.6. The number of rotatable bonds is 4. The van der Waals surface area contributed by atoms with E-state index in [4.69, 9.17) is 22.4 Å². The Morgan fingerprint density at radius 1 is 1.14 bits per heavy atom. The van der Waals surface area contributed by atoms with E-state index in [2.05, 4.69) is 5.32 Å². The van der Waals surface area contributed by atoms with Crippen molar-refractivity contribution < 1.29 is 19.1 Å². The molecule has 0 saturated heterocycles. The number of halogens is 2. The molecule has 0 aliphatic carbocycles. The summed E-state index contributed by atoms with van der Waals surface area (Å²) < 4.78 is 13.6. The zero-order chi connectivity index (χ0) is 15.6. The lowest BCUT2D eigenvalue weighted by molar-refractivity contribution is 0.0691. The predicted molar refractivity (Wildman–Crippen MR) is 76.6 cm³/mol. The Kier molecular flexibility index (Phi) is 4.09. The van der Waals surface area contributed by atoms with Gasteiger partial charge in [0, 0.05) is 10.7 Å². The predicted octanol–water partition coefficient (Wildman–Crippen LogP) is 3.02. The van der Waals surface area contributed by atoms with Crippen molar-refractivity contribution in [3.05, 3.63) is 58.4 Å². The molecule has 0 bridgehead atoms. The maximum Gasteiger partial charge on any atom is 0.338 e. The van der Waals surface area contributed by atoms with Crippen LogP contribution in [-0.2, 0) is 0 Å². The van der Waals surface area contributed by atoms with E-state index in [9.17, 15) is 14.0 Å². The Balaban J connectivity index is 2.38. The molecule has 5 nitrogen and oxygen atoms in total. The van der Waals surface area contributed by atoms with Crippen molar-refractivity contribution in [3.63, 3.8) is 0 Å². The quantitative estimate of drug-likeness (QED) is 0.809. The summed E-state index contributed by atoms with van der Waals surface area (Å²) in [5.74, 6) is -2.92. The van der Waals surface area contributed by atoms with Crippen LogP contribution >= 0.6 is 11.6 Å². The number of carbonyl (C=O) groups is 2. The molecule has 0 aromatic heterocycles. The van der Waals surface area contributed by atoms with Crippen molar-refractivity contribution >= 4 is 34.9 Å². The fraction of sp³-hybridized carbons (Fsp3) is 0. The van der Waals surface area contributed by atoms with E-state index < -0.39 is 23.3 Å². The van der Waals surface area contributed by atoms with Crippen LogP contribution in [0.3, 0.4) is 0 Å². The zero-order valence-corrected chi connectivity index (χ0v) is 11.3. The smallest absolute Gasteiger partial charge is 0.338 e. The summed E-state index contributed by atoms with van der Waals surface area (Å²) in [6.07, 6.45) is 0. The minimum absolute atomic E-state index is 0.183. The van der Waals surface area contributed by atoms with Crippen LogP contribution in [0.1, 0.15) is 20.7 Å². The lowest BCUT2D eigenvalue weighted by atomic mass is 10.1. The highest BCUT2D eigenvalue weighted by molar-refractivity contribution is 6.31. The van der Waals surface area contributed by atoms with Gasteiger partial charge in [0.15, 0.2) is 0 Å². The number of carboxylic acids is 1. The Morgan fingerprint density at radius 2 is 1.81 bits per heavy atom. The first kappa shape index (κ1) is 14.8. The number of nitrogens with two attached hydrogens (primary N) is 1. The summed E-state index contributed by atoms with van der Waals surface area (Å²) in [4.78, 5) is 22.1. The summed E-state index contributed by atoms with van der Waals surface area (Å²) in [6.45, 7) is 0. The second kappa shape index (κ2) is 5.80. The van der Waals surface area contributed by atoms with Gasteiger partial charge in [0.25, 0.3) is 5.91 Å². The Labute approximate surface area is 124 Å². The van der Waals surface area contributed by atoms with Crippen molar-refractivity contribution in [1.29, 1.82) is 0 Å². The van der Waals surface area contributed by atoms with Crippen LogP contribution in [-0.4, -0.2) is 17.0 Å². The molecular formula is C14H10ClFN2O3. The van der Waals surface area contributed by atoms with Gasteiger partial charge in [-0.15, -0.1) is 0 Å². The average molecular weight is 309 g/mol. The molecule has 0 fully saturated rings. The topological polar surface area (TPSA) is 92.4 Å². The lowest BCUT2D eigenvalue weighted by Gasteiger charge is -2.11. The number of amides is 1. The molecule has 2 rings (SSSR count). The summed E-state index contributed by atoms with van der Waals surface area (Å²) in [6, 6.07) is 7.91. The molecule has 0 aliphatic rings. The molecule has 0 radical (unpaired) electrons. The standard InChI is InChI=1S/C14H10ClFN2O3/c15-7-1-3-10(13(17)19)12(5-7)18-8-2-4-9(14(20)21)11(16)6-8/h1-6,18H,(H2,17,19)(H,20,21). The van der Waals surface area contributed by atoms with Crippen LogP contribution in [0.5, 0.6) is 0 Å². The van der Waals surface area contributed by atoms with Crippen LogP contribution in [0.15, 0.2) is 36.4 Å². The largest absolute Gasteiger partial charge is 0.478 e. The van der Waals surface area contributed by atoms with Gasteiger partial charge in [-0.1, -0.05) is 11.6 Å². The van der Waals surface area contributed by atoms with Gasteiger partial charge >= 0.3 is 5.97 Å². The molecule has 0 spiro atoms. The van der Waals surface area contributed by atoms with Crippen molar-refractivity contribution in [2.24, 2.45) is 5.73 Å². The summed E-state index contributed by atoms with van der Waals surface area (Å²) in [7, 11) is 0. The molecule has 2 aromatic rings. The Morgan fingerprint density at radius 3 is 2.38 bits per heavy atom. The van der Waals surface area contributed by atoms with Gasteiger partial charge in [-0.3, -0.25) is 4.79 Å². The van der Waals surface area contributed by atoms with E-state index in [0.717, 1.165) is 12.1 Å². The van der Waals surface area contributed by atoms with E-state index in [1.165, 1.54) is 24.3 Å². The number of carbonyl (C=O) groups excluding carboxylic acids is 1. The van der Waals surface area contributed by atoms with Crippen LogP contribution in [0.4, 0.5) is 15.8 Å². The van der Waals surface area contributed by atoms with Gasteiger partial charge in [0.2, 0.25) is 0 Å². The van der Waals surface area contributed by atoms with E-state index in [1.807, 2.05) is 0 Å². The van der Waals surface area contributed by atoms with Gasteiger partial charge in [0.05, 0.1) is 16.8 Å². The molecule has 0 aliphatic heterocycles. The minimum atomic E-state index is -1.36. The first-order valence-corrected chi connectivity index (χ1v) is 6.15. The zero-order valence-electron chi connectivity index (χ0n) is 10.6. The fourth-order valence-corrected chi connectivity index (χ4v) is 1.93. The van der Waals surface area contributed by atoms with E-state index in [0.29, 0.717) is 10.7 Å². The minimum Gasteiger partial charge on any atom is -0.478 e. The molecule has 0 unspecified atom stereocenters. The third-order valence-corrected chi connectivity index (χ3v) is 2.96. The molecule has 1 amide bonds. The van der Waals surface area contributed by atoms with Crippen molar-refractivity contribution in [2.75, 3.05) is 5.32 Å². The van der Waals surface area contributed by atoms with E-state index in [1.54, 1.807) is 0 Å². The molecule has 4 N–H and O–H groups in total. The molecule has 21 heavy (non-hydrogen) atoms. The Hall–Kier alpha value is -2.60. The highest BCUT2D eigenvalue weighted by Crippen LogP contribution is 2.25. The average Bonchev–Trinajstić information content (AvgIpc) is 2.37. The van der Waals surface area contributed by atoms with Crippen molar-refractivity contribution in [2.45, 2.75) is 0 Å². The second-order valence-corrected chi connectivity index (χ2v) is 4.62. The maximum absolute atomic E-state index is 13.6. The third kappa shape index (κ3) is 3.29. The van der Waals surface area contributed by atoms with Crippen molar-refractivity contribution in [1.82, 2.24) is 0 Å². The van der Waals surface area contributed by atoms with Crippen LogP contribution in [0, 0.1) is 5.82 Å². The van der Waals surface area contributed by atoms with Crippen molar-refractivity contribution in [3.8, 4) is 0 Å². The number of hydrogen-bond donors (Lipinski definition) is 3. The monoisotopic (exact) mass is 308 g/mol. The van der Waals surface area contributed by atoms with Crippen LogP contribution in [0.25, 0.3) is 0 Å². The number of hydrogen-bond acceptors (Lipinski definition) is 3. The highest BCUT2D eigenvalue weighted by Gasteiger charge is 2.13. The van der Waals surface area contributed by atoms with Gasteiger partial charge in [-0.05, 0) is 36.4 Å². The van der Waals surface area contributed by atoms with E-state index in [-0.39, 0.29) is 11.3 Å². The number of carboxylic acid groups (broad SMARTS) is 1. The summed E-state index contributed by atoms with van der Waals surface area (Å²) in [5.41, 5.74) is 5.55. The van der Waals surface area contributed by atoms with Crippen LogP contribution in [0.2, 0.25) is 5.02 Å². The van der Waals surface area contributed by atoms with Crippen LogP contribution < -0.4 is 11.1 Å². The molecule has 0 atom stereocenters. The number of primary amides is 1. The Bertz CT molecular complexity index is 734. The molecular weight excluding hydrogens is 299 g/mol. The first-order chi connectivity index (χ1) is 9.88. The fourth-order valence-electron chi connectivity index (χ4n) is 1.76. The molecule has 0 saturated carbocycles. The SMILES string of the molecule is NC(=O)c1ccc(Cl)cc1Nc1ccc(C(=O)O)c(F)c1. The molecule has 2 aromatic carbocycles. The third-order valence-electron chi connectivity index (χ3n) is 2.73. The number of nitrogens with one attached hydrogen (secondary N) is 1. The summed E-state index contributed by atoms with van der Waals surface area (Å²) >= 11 is 5.84. The lowest BCUT2D eigenvalue weighted by Crippen LogP contribution is -2.13. The van der Waals surface area contributed by atoms with E-state index >= 15 is 0 Å². The first-order valence-electron chi connectivity index (χ1n) is 5.77. The number of aromatic carboxylic acids is 1. The van der Waals surface area contributed by atoms with Gasteiger partial charge < -0.3 is 16.2 Å². The number of benzene rings is 2.